The number of alkyl halides is 3. The Morgan fingerprint density at radius 3 is 2.60 bits per heavy atom. The molecule has 1 aromatic carbocycles. The van der Waals surface area contributed by atoms with Crippen LogP contribution in [0, 0.1) is 5.41 Å². The van der Waals surface area contributed by atoms with E-state index in [0.29, 0.717) is 5.69 Å². The molecule has 6 heteroatoms. The molecule has 0 aliphatic carbocycles. The van der Waals surface area contributed by atoms with Gasteiger partial charge in [-0.25, -0.2) is 0 Å². The van der Waals surface area contributed by atoms with Crippen molar-refractivity contribution in [3.63, 3.8) is 0 Å². The van der Waals surface area contributed by atoms with Crippen LogP contribution in [0.3, 0.4) is 0 Å². The molecule has 1 aliphatic heterocycles. The maximum Gasteiger partial charge on any atom is 0.416 e. The number of benzene rings is 1. The van der Waals surface area contributed by atoms with Crippen LogP contribution in [0.4, 0.5) is 18.9 Å². The molecule has 1 N–H and O–H groups in total. The molecule has 1 unspecified atom stereocenters. The third-order valence-corrected chi connectivity index (χ3v) is 5.05. The lowest BCUT2D eigenvalue weighted by atomic mass is 9.88. The van der Waals surface area contributed by atoms with E-state index in [-0.39, 0.29) is 16.5 Å². The van der Waals surface area contributed by atoms with E-state index in [0.717, 1.165) is 30.1 Å². The summed E-state index contributed by atoms with van der Waals surface area (Å²) in [5.74, 6) is 1.98. The van der Waals surface area contributed by atoms with Crippen LogP contribution in [-0.4, -0.2) is 17.5 Å². The third-order valence-electron chi connectivity index (χ3n) is 3.21. The van der Waals surface area contributed by atoms with Crippen LogP contribution in [0.2, 0.25) is 5.02 Å². The van der Waals surface area contributed by atoms with Gasteiger partial charge in [-0.15, -0.1) is 0 Å². The van der Waals surface area contributed by atoms with Crippen molar-refractivity contribution in [2.24, 2.45) is 5.41 Å². The second-order valence-corrected chi connectivity index (χ2v) is 7.42. The summed E-state index contributed by atoms with van der Waals surface area (Å²) in [4.78, 5) is 0. The molecule has 0 aromatic heterocycles. The van der Waals surface area contributed by atoms with E-state index >= 15 is 0 Å². The average molecular weight is 324 g/mol. The number of halogens is 4. The standard InChI is InChI=1S/C14H17ClF3NS/c1-13(2)6-12(7-20-8-13)19-11-4-9(14(16,17)18)3-10(15)5-11/h3-5,12,19H,6-8H2,1-2H3. The highest BCUT2D eigenvalue weighted by atomic mass is 35.5. The van der Waals surface area contributed by atoms with Crippen LogP contribution in [0.15, 0.2) is 18.2 Å². The Kier molecular flexibility index (Phi) is 4.50. The number of nitrogens with one attached hydrogen (secondary N) is 1. The fraction of sp³-hybridized carbons (Fsp3) is 0.571. The van der Waals surface area contributed by atoms with Crippen molar-refractivity contribution in [2.75, 3.05) is 16.8 Å². The molecular weight excluding hydrogens is 307 g/mol. The molecule has 1 heterocycles. The molecular formula is C14H17ClF3NS. The van der Waals surface area contributed by atoms with E-state index in [1.165, 1.54) is 0 Å². The molecule has 1 atom stereocenters. The van der Waals surface area contributed by atoms with E-state index in [1.807, 2.05) is 11.8 Å². The lowest BCUT2D eigenvalue weighted by molar-refractivity contribution is -0.137. The quantitative estimate of drug-likeness (QED) is 0.792. The van der Waals surface area contributed by atoms with Crippen molar-refractivity contribution in [3.05, 3.63) is 28.8 Å². The molecule has 0 saturated carbocycles. The minimum absolute atomic E-state index is 0.102. The Balaban J connectivity index is 2.15. The first-order valence-corrected chi connectivity index (χ1v) is 7.91. The van der Waals surface area contributed by atoms with Gasteiger partial charge in [-0.2, -0.15) is 24.9 Å². The largest absolute Gasteiger partial charge is 0.416 e. The first-order chi connectivity index (χ1) is 9.16. The molecule has 1 saturated heterocycles. The van der Waals surface area contributed by atoms with Gasteiger partial charge in [-0.3, -0.25) is 0 Å². The van der Waals surface area contributed by atoms with Gasteiger partial charge in [-0.1, -0.05) is 25.4 Å². The summed E-state index contributed by atoms with van der Waals surface area (Å²) >= 11 is 7.61. The summed E-state index contributed by atoms with van der Waals surface area (Å²) in [7, 11) is 0. The highest BCUT2D eigenvalue weighted by Gasteiger charge is 2.32. The fourth-order valence-electron chi connectivity index (χ4n) is 2.43. The zero-order valence-electron chi connectivity index (χ0n) is 11.4. The lowest BCUT2D eigenvalue weighted by Gasteiger charge is -2.35. The zero-order valence-corrected chi connectivity index (χ0v) is 12.9. The molecule has 0 radical (unpaired) electrons. The van der Waals surface area contributed by atoms with E-state index < -0.39 is 11.7 Å². The van der Waals surface area contributed by atoms with Gasteiger partial charge in [0.15, 0.2) is 0 Å². The summed E-state index contributed by atoms with van der Waals surface area (Å²) in [5.41, 5.74) is -0.0743. The second-order valence-electron chi connectivity index (χ2n) is 5.95. The monoisotopic (exact) mass is 323 g/mol. The van der Waals surface area contributed by atoms with Gasteiger partial charge >= 0.3 is 6.18 Å². The van der Waals surface area contributed by atoms with Gasteiger partial charge in [-0.05, 0) is 35.8 Å². The predicted molar refractivity (Wildman–Crippen MR) is 79.6 cm³/mol. The molecule has 2 rings (SSSR count). The Bertz CT molecular complexity index is 488. The van der Waals surface area contributed by atoms with E-state index in [9.17, 15) is 13.2 Å². The third kappa shape index (κ3) is 4.22. The first-order valence-electron chi connectivity index (χ1n) is 6.38. The molecule has 20 heavy (non-hydrogen) atoms. The molecule has 0 bridgehead atoms. The minimum atomic E-state index is -4.37. The summed E-state index contributed by atoms with van der Waals surface area (Å²) < 4.78 is 38.3. The number of hydrogen-bond donors (Lipinski definition) is 1. The molecule has 0 spiro atoms. The van der Waals surface area contributed by atoms with Gasteiger partial charge in [0.05, 0.1) is 5.56 Å². The zero-order chi connectivity index (χ0) is 15.0. The Morgan fingerprint density at radius 2 is 2.00 bits per heavy atom. The molecule has 112 valence electrons. The second kappa shape index (κ2) is 5.68. The molecule has 1 nitrogen and oxygen atoms in total. The van der Waals surface area contributed by atoms with Crippen LogP contribution >= 0.6 is 23.4 Å². The topological polar surface area (TPSA) is 12.0 Å². The van der Waals surface area contributed by atoms with E-state index in [4.69, 9.17) is 11.6 Å². The Morgan fingerprint density at radius 1 is 1.30 bits per heavy atom. The van der Waals surface area contributed by atoms with Crippen LogP contribution in [0.1, 0.15) is 25.8 Å². The van der Waals surface area contributed by atoms with Crippen LogP contribution in [-0.2, 0) is 6.18 Å². The van der Waals surface area contributed by atoms with Crippen LogP contribution < -0.4 is 5.32 Å². The number of anilines is 1. The van der Waals surface area contributed by atoms with Crippen molar-refractivity contribution < 1.29 is 13.2 Å². The van der Waals surface area contributed by atoms with Crippen molar-refractivity contribution >= 4 is 29.1 Å². The minimum Gasteiger partial charge on any atom is -0.381 e. The van der Waals surface area contributed by atoms with Gasteiger partial charge < -0.3 is 5.32 Å². The van der Waals surface area contributed by atoms with E-state index in [2.05, 4.69) is 19.2 Å². The Hall–Kier alpha value is -0.550. The summed E-state index contributed by atoms with van der Waals surface area (Å²) in [5, 5.41) is 3.29. The smallest absolute Gasteiger partial charge is 0.381 e. The van der Waals surface area contributed by atoms with Gasteiger partial charge in [0.2, 0.25) is 0 Å². The predicted octanol–water partition coefficient (Wildman–Crippen LogP) is 5.30. The maximum atomic E-state index is 12.8. The molecule has 0 amide bonds. The maximum absolute atomic E-state index is 12.8. The highest BCUT2D eigenvalue weighted by Crippen LogP contribution is 2.37. The summed E-state index contributed by atoms with van der Waals surface area (Å²) in [6, 6.07) is 3.79. The van der Waals surface area contributed by atoms with Gasteiger partial charge in [0, 0.05) is 22.5 Å². The average Bonchev–Trinajstić information content (AvgIpc) is 2.25. The molecule has 1 aliphatic rings. The summed E-state index contributed by atoms with van der Waals surface area (Å²) in [6.45, 7) is 4.35. The number of thioether (sulfide) groups is 1. The summed E-state index contributed by atoms with van der Waals surface area (Å²) in [6.07, 6.45) is -3.43. The van der Waals surface area contributed by atoms with Gasteiger partial charge in [0.25, 0.3) is 0 Å². The fourth-order valence-corrected chi connectivity index (χ4v) is 3.94. The Labute approximate surface area is 126 Å². The van der Waals surface area contributed by atoms with Crippen LogP contribution in [0.25, 0.3) is 0 Å². The van der Waals surface area contributed by atoms with Crippen LogP contribution in [0.5, 0.6) is 0 Å². The van der Waals surface area contributed by atoms with E-state index in [1.54, 1.807) is 6.07 Å². The first kappa shape index (κ1) is 15.8. The van der Waals surface area contributed by atoms with Gasteiger partial charge in [0.1, 0.15) is 0 Å². The highest BCUT2D eigenvalue weighted by molar-refractivity contribution is 7.99. The van der Waals surface area contributed by atoms with Crippen molar-refractivity contribution in [1.82, 2.24) is 0 Å². The molecule has 1 fully saturated rings. The normalized spacial score (nSPS) is 22.6. The van der Waals surface area contributed by atoms with Crippen molar-refractivity contribution in [3.8, 4) is 0 Å². The lowest BCUT2D eigenvalue weighted by Crippen LogP contribution is -2.35. The van der Waals surface area contributed by atoms with Crippen molar-refractivity contribution in [1.29, 1.82) is 0 Å². The SMILES string of the molecule is CC1(C)CSCC(Nc2cc(Cl)cc(C(F)(F)F)c2)C1. The number of rotatable bonds is 2. The number of hydrogen-bond acceptors (Lipinski definition) is 2. The molecule has 1 aromatic rings. The van der Waals surface area contributed by atoms with Crippen molar-refractivity contribution in [2.45, 2.75) is 32.5 Å².